The fourth-order valence-electron chi connectivity index (χ4n) is 1.73. The Morgan fingerprint density at radius 1 is 1.16 bits per heavy atom. The highest BCUT2D eigenvalue weighted by atomic mass is 32.2. The van der Waals surface area contributed by atoms with E-state index in [-0.39, 0.29) is 18.3 Å². The fraction of sp³-hybridized carbons (Fsp3) is 0.529. The first-order valence-corrected chi connectivity index (χ1v) is 10.5. The van der Waals surface area contributed by atoms with Gasteiger partial charge >= 0.3 is 0 Å². The highest BCUT2D eigenvalue weighted by Gasteiger charge is 2.04. The molecule has 140 valence electrons. The number of amides is 1. The summed E-state index contributed by atoms with van der Waals surface area (Å²) in [6, 6.07) is 6.53. The lowest BCUT2D eigenvalue weighted by Crippen LogP contribution is -2.40. The first-order chi connectivity index (χ1) is 12.0. The average Bonchev–Trinajstić information content (AvgIpc) is 2.60. The van der Waals surface area contributed by atoms with Crippen LogP contribution in [0.15, 0.2) is 34.2 Å². The summed E-state index contributed by atoms with van der Waals surface area (Å²) in [7, 11) is 3.44. The van der Waals surface area contributed by atoms with E-state index in [1.807, 2.05) is 6.26 Å². The van der Waals surface area contributed by atoms with Gasteiger partial charge in [0.2, 0.25) is 5.91 Å². The number of rotatable bonds is 10. The second-order valence-electron chi connectivity index (χ2n) is 5.46. The van der Waals surface area contributed by atoms with E-state index in [0.29, 0.717) is 5.96 Å². The van der Waals surface area contributed by atoms with Crippen molar-refractivity contribution in [2.45, 2.75) is 11.3 Å². The molecule has 0 saturated heterocycles. The van der Waals surface area contributed by atoms with Crippen LogP contribution in [0.3, 0.4) is 0 Å². The number of nitrogens with zero attached hydrogens (tertiary/aromatic N) is 2. The molecule has 1 aromatic carbocycles. The zero-order valence-electron chi connectivity index (χ0n) is 15.0. The molecule has 0 fully saturated rings. The van der Waals surface area contributed by atoms with Gasteiger partial charge in [-0.15, -0.1) is 11.8 Å². The van der Waals surface area contributed by atoms with Crippen LogP contribution in [0.1, 0.15) is 6.42 Å². The van der Waals surface area contributed by atoms with Gasteiger partial charge in [0.1, 0.15) is 12.4 Å². The van der Waals surface area contributed by atoms with Crippen LogP contribution in [-0.2, 0) is 4.79 Å². The lowest BCUT2D eigenvalue weighted by molar-refractivity contribution is -0.127. The van der Waals surface area contributed by atoms with Gasteiger partial charge in [0.05, 0.1) is 0 Å². The summed E-state index contributed by atoms with van der Waals surface area (Å²) in [5.74, 6) is 2.32. The molecule has 2 N–H and O–H groups in total. The minimum atomic E-state index is -0.213. The summed E-state index contributed by atoms with van der Waals surface area (Å²) in [5.41, 5.74) is 0. The lowest BCUT2D eigenvalue weighted by atomic mass is 10.4. The predicted molar refractivity (Wildman–Crippen MR) is 107 cm³/mol. The number of thioether (sulfide) groups is 2. The van der Waals surface area contributed by atoms with E-state index in [1.54, 1.807) is 49.8 Å². The Bertz CT molecular complexity index is 538. The normalized spacial score (nSPS) is 11.3. The van der Waals surface area contributed by atoms with Gasteiger partial charge in [0.25, 0.3) is 0 Å². The third-order valence-corrected chi connectivity index (χ3v) is 4.88. The maximum atomic E-state index is 12.9. The summed E-state index contributed by atoms with van der Waals surface area (Å²) in [4.78, 5) is 18.6. The number of halogens is 1. The molecule has 0 aliphatic carbocycles. The van der Waals surface area contributed by atoms with Crippen molar-refractivity contribution in [1.29, 1.82) is 0 Å². The highest BCUT2D eigenvalue weighted by Crippen LogP contribution is 2.18. The van der Waals surface area contributed by atoms with E-state index in [2.05, 4.69) is 15.6 Å². The van der Waals surface area contributed by atoms with E-state index in [4.69, 9.17) is 0 Å². The van der Waals surface area contributed by atoms with Crippen LogP contribution in [-0.4, -0.2) is 68.3 Å². The molecular weight excluding hydrogens is 359 g/mol. The number of nitrogens with one attached hydrogen (secondary N) is 2. The molecule has 0 aromatic heterocycles. The van der Waals surface area contributed by atoms with Crippen LogP contribution in [0.4, 0.5) is 4.39 Å². The van der Waals surface area contributed by atoms with E-state index < -0.39 is 0 Å². The number of benzene rings is 1. The van der Waals surface area contributed by atoms with E-state index in [0.717, 1.165) is 35.9 Å². The molecule has 1 aromatic rings. The minimum absolute atomic E-state index is 0.0298. The van der Waals surface area contributed by atoms with Gasteiger partial charge in [0.15, 0.2) is 5.96 Å². The van der Waals surface area contributed by atoms with Crippen molar-refractivity contribution < 1.29 is 9.18 Å². The number of hydrogen-bond acceptors (Lipinski definition) is 4. The maximum Gasteiger partial charge on any atom is 0.243 e. The number of hydrogen-bond donors (Lipinski definition) is 2. The van der Waals surface area contributed by atoms with Gasteiger partial charge in [-0.05, 0) is 42.7 Å². The second kappa shape index (κ2) is 12.9. The molecular formula is C17H27FN4OS2. The molecule has 0 heterocycles. The Balaban J connectivity index is 2.33. The third-order valence-electron chi connectivity index (χ3n) is 3.17. The summed E-state index contributed by atoms with van der Waals surface area (Å²) in [5, 5.41) is 6.48. The topological polar surface area (TPSA) is 56.7 Å². The van der Waals surface area contributed by atoms with E-state index in [9.17, 15) is 9.18 Å². The zero-order chi connectivity index (χ0) is 18.5. The van der Waals surface area contributed by atoms with Crippen LogP contribution in [0, 0.1) is 5.82 Å². The van der Waals surface area contributed by atoms with Crippen LogP contribution in [0.25, 0.3) is 0 Å². The van der Waals surface area contributed by atoms with Crippen LogP contribution < -0.4 is 10.6 Å². The van der Waals surface area contributed by atoms with Crippen molar-refractivity contribution in [3.63, 3.8) is 0 Å². The molecule has 0 radical (unpaired) electrons. The molecule has 8 heteroatoms. The Hall–Kier alpha value is -1.41. The molecule has 0 atom stereocenters. The fourth-order valence-corrected chi connectivity index (χ4v) is 2.89. The zero-order valence-corrected chi connectivity index (χ0v) is 16.7. The Kier molecular flexibility index (Phi) is 11.1. The van der Waals surface area contributed by atoms with Crippen molar-refractivity contribution in [3.05, 3.63) is 30.1 Å². The Labute approximate surface area is 158 Å². The van der Waals surface area contributed by atoms with Crippen molar-refractivity contribution in [3.8, 4) is 0 Å². The van der Waals surface area contributed by atoms with Crippen LogP contribution in [0.5, 0.6) is 0 Å². The van der Waals surface area contributed by atoms with E-state index >= 15 is 0 Å². The number of likely N-dealkylation sites (N-methyl/N-ethyl adjacent to an activating group) is 1. The van der Waals surface area contributed by atoms with Crippen molar-refractivity contribution >= 4 is 35.4 Å². The molecule has 0 saturated carbocycles. The molecule has 1 rings (SSSR count). The molecule has 0 spiro atoms. The van der Waals surface area contributed by atoms with Gasteiger partial charge in [-0.2, -0.15) is 11.8 Å². The number of guanidine groups is 1. The molecule has 1 amide bonds. The minimum Gasteiger partial charge on any atom is -0.356 e. The monoisotopic (exact) mass is 386 g/mol. The van der Waals surface area contributed by atoms with Gasteiger partial charge in [-0.1, -0.05) is 0 Å². The molecule has 0 bridgehead atoms. The number of carbonyl (C=O) groups excluding carboxylic acids is 1. The lowest BCUT2D eigenvalue weighted by Gasteiger charge is -2.13. The van der Waals surface area contributed by atoms with E-state index in [1.165, 1.54) is 17.0 Å². The first kappa shape index (κ1) is 21.6. The first-order valence-electron chi connectivity index (χ1n) is 8.12. The standard InChI is InChI=1S/C17H27FN4OS2/c1-22(2)16(23)13-21-17(20-10-12-24-3)19-9-4-11-25-15-7-5-14(18)6-8-15/h5-8H,4,9-13H2,1-3H3,(H2,19,20,21). The largest absolute Gasteiger partial charge is 0.356 e. The van der Waals surface area contributed by atoms with Gasteiger partial charge in [-0.3, -0.25) is 4.79 Å². The quantitative estimate of drug-likeness (QED) is 0.280. The average molecular weight is 387 g/mol. The van der Waals surface area contributed by atoms with Gasteiger partial charge in [-0.25, -0.2) is 9.38 Å². The van der Waals surface area contributed by atoms with Crippen molar-refractivity contribution in [1.82, 2.24) is 15.5 Å². The van der Waals surface area contributed by atoms with Crippen molar-refractivity contribution in [2.75, 3.05) is 51.5 Å². The predicted octanol–water partition coefficient (Wildman–Crippen LogP) is 2.29. The second-order valence-corrected chi connectivity index (χ2v) is 7.61. The van der Waals surface area contributed by atoms with Crippen molar-refractivity contribution in [2.24, 2.45) is 4.99 Å². The summed E-state index contributed by atoms with van der Waals surface area (Å²) in [6.07, 6.45) is 2.99. The van der Waals surface area contributed by atoms with Gasteiger partial charge in [0, 0.05) is 37.8 Å². The highest BCUT2D eigenvalue weighted by molar-refractivity contribution is 7.99. The number of aliphatic imine (C=N–C) groups is 1. The van der Waals surface area contributed by atoms with Crippen LogP contribution in [0.2, 0.25) is 0 Å². The SMILES string of the molecule is CSCCNC(=NCC(=O)N(C)C)NCCCSc1ccc(F)cc1. The molecule has 5 nitrogen and oxygen atoms in total. The van der Waals surface area contributed by atoms with Gasteiger partial charge < -0.3 is 15.5 Å². The summed E-state index contributed by atoms with van der Waals surface area (Å²) in [6.45, 7) is 1.69. The molecule has 25 heavy (non-hydrogen) atoms. The maximum absolute atomic E-state index is 12.9. The molecule has 0 unspecified atom stereocenters. The summed E-state index contributed by atoms with van der Waals surface area (Å²) < 4.78 is 12.9. The smallest absolute Gasteiger partial charge is 0.243 e. The Morgan fingerprint density at radius 2 is 1.84 bits per heavy atom. The third kappa shape index (κ3) is 10.2. The summed E-state index contributed by atoms with van der Waals surface area (Å²) >= 11 is 3.45. The molecule has 0 aliphatic rings. The Morgan fingerprint density at radius 3 is 2.48 bits per heavy atom. The molecule has 0 aliphatic heterocycles. The van der Waals surface area contributed by atoms with Crippen LogP contribution >= 0.6 is 23.5 Å². The number of carbonyl (C=O) groups is 1.